The molecule has 1 amide bonds. The molecule has 116 valence electrons. The second kappa shape index (κ2) is 6.40. The van der Waals surface area contributed by atoms with E-state index in [0.717, 1.165) is 0 Å². The number of rotatable bonds is 3. The number of hydrogen-bond donors (Lipinski definition) is 0. The fourth-order valence-corrected chi connectivity index (χ4v) is 3.19. The van der Waals surface area contributed by atoms with Crippen LogP contribution in [-0.2, 0) is 10.0 Å². The Hall–Kier alpha value is -1.67. The Labute approximate surface area is 124 Å². The van der Waals surface area contributed by atoms with Crippen molar-refractivity contribution in [1.82, 2.24) is 14.2 Å². The van der Waals surface area contributed by atoms with Gasteiger partial charge in [0.15, 0.2) is 0 Å². The van der Waals surface area contributed by atoms with E-state index in [9.17, 15) is 13.2 Å². The molecule has 0 unspecified atom stereocenters. The van der Waals surface area contributed by atoms with E-state index in [1.54, 1.807) is 23.2 Å². The van der Waals surface area contributed by atoms with Crippen LogP contribution in [0.2, 0.25) is 0 Å². The number of carbonyl (C=O) groups is 1. The molecule has 0 aliphatic carbocycles. The van der Waals surface area contributed by atoms with Gasteiger partial charge in [-0.2, -0.15) is 0 Å². The molecule has 0 spiro atoms. The average molecular weight is 313 g/mol. The topological polar surface area (TPSA) is 79.8 Å². The van der Waals surface area contributed by atoms with Crippen molar-refractivity contribution in [3.05, 3.63) is 23.9 Å². The van der Waals surface area contributed by atoms with Gasteiger partial charge >= 0.3 is 0 Å². The highest BCUT2D eigenvalue weighted by molar-refractivity contribution is 7.88. The second-order valence-electron chi connectivity index (χ2n) is 4.87. The largest absolute Gasteiger partial charge is 0.480 e. The maximum atomic E-state index is 12.5. The zero-order valence-electron chi connectivity index (χ0n) is 12.2. The number of hydrogen-bond acceptors (Lipinski definition) is 5. The Morgan fingerprint density at radius 1 is 1.29 bits per heavy atom. The van der Waals surface area contributed by atoms with Crippen LogP contribution >= 0.6 is 0 Å². The standard InChI is InChI=1S/C13H19N3O4S/c1-20-12-11(5-3-6-14-12)13(17)15-7-4-8-16(10-9-15)21(2,18)19/h3,5-6H,4,7-10H2,1-2H3. The zero-order valence-corrected chi connectivity index (χ0v) is 13.0. The van der Waals surface area contributed by atoms with Gasteiger partial charge in [-0.1, -0.05) is 0 Å². The molecule has 1 fully saturated rings. The molecular weight excluding hydrogens is 294 g/mol. The van der Waals surface area contributed by atoms with Gasteiger partial charge in [-0.05, 0) is 18.6 Å². The fourth-order valence-electron chi connectivity index (χ4n) is 2.32. The van der Waals surface area contributed by atoms with Crippen LogP contribution in [0.4, 0.5) is 0 Å². The third-order valence-electron chi connectivity index (χ3n) is 3.41. The maximum absolute atomic E-state index is 12.5. The molecule has 21 heavy (non-hydrogen) atoms. The number of nitrogens with zero attached hydrogens (tertiary/aromatic N) is 3. The number of sulfonamides is 1. The number of ether oxygens (including phenoxy) is 1. The molecule has 0 bridgehead atoms. The fraction of sp³-hybridized carbons (Fsp3) is 0.538. The van der Waals surface area contributed by atoms with Gasteiger partial charge in [0.05, 0.1) is 13.4 Å². The Kier molecular flexibility index (Phi) is 4.79. The SMILES string of the molecule is COc1ncccc1C(=O)N1CCCN(S(C)(=O)=O)CC1. The van der Waals surface area contributed by atoms with Crippen molar-refractivity contribution < 1.29 is 17.9 Å². The van der Waals surface area contributed by atoms with Crippen LogP contribution in [0.1, 0.15) is 16.8 Å². The molecule has 1 aliphatic heterocycles. The first-order valence-electron chi connectivity index (χ1n) is 6.67. The van der Waals surface area contributed by atoms with Gasteiger partial charge in [-0.3, -0.25) is 4.79 Å². The van der Waals surface area contributed by atoms with Crippen LogP contribution in [-0.4, -0.2) is 68.1 Å². The van der Waals surface area contributed by atoms with Crippen molar-refractivity contribution >= 4 is 15.9 Å². The molecule has 7 nitrogen and oxygen atoms in total. The summed E-state index contributed by atoms with van der Waals surface area (Å²) >= 11 is 0. The highest BCUT2D eigenvalue weighted by Gasteiger charge is 2.26. The summed E-state index contributed by atoms with van der Waals surface area (Å²) in [4.78, 5) is 18.2. The number of pyridine rings is 1. The van der Waals surface area contributed by atoms with Crippen molar-refractivity contribution in [3.8, 4) is 5.88 Å². The molecule has 1 saturated heterocycles. The highest BCUT2D eigenvalue weighted by Crippen LogP contribution is 2.17. The van der Waals surface area contributed by atoms with Gasteiger partial charge in [0, 0.05) is 32.4 Å². The average Bonchev–Trinajstić information content (AvgIpc) is 2.72. The summed E-state index contributed by atoms with van der Waals surface area (Å²) in [5, 5.41) is 0. The summed E-state index contributed by atoms with van der Waals surface area (Å²) in [6.45, 7) is 1.63. The van der Waals surface area contributed by atoms with Crippen LogP contribution in [0.15, 0.2) is 18.3 Å². The quantitative estimate of drug-likeness (QED) is 0.796. The molecule has 2 rings (SSSR count). The van der Waals surface area contributed by atoms with E-state index in [1.807, 2.05) is 0 Å². The molecule has 0 atom stereocenters. The maximum Gasteiger partial charge on any atom is 0.259 e. The lowest BCUT2D eigenvalue weighted by molar-refractivity contribution is 0.0760. The van der Waals surface area contributed by atoms with Crippen molar-refractivity contribution in [1.29, 1.82) is 0 Å². The van der Waals surface area contributed by atoms with E-state index in [-0.39, 0.29) is 11.8 Å². The first-order chi connectivity index (χ1) is 9.93. The second-order valence-corrected chi connectivity index (χ2v) is 6.85. The molecule has 1 aromatic rings. The molecule has 0 saturated carbocycles. The molecule has 8 heteroatoms. The normalized spacial score (nSPS) is 17.3. The lowest BCUT2D eigenvalue weighted by atomic mass is 10.2. The summed E-state index contributed by atoms with van der Waals surface area (Å²) < 4.78 is 29.7. The number of amides is 1. The minimum atomic E-state index is -3.22. The van der Waals surface area contributed by atoms with Gasteiger partial charge in [0.2, 0.25) is 15.9 Å². The lowest BCUT2D eigenvalue weighted by Crippen LogP contribution is -2.37. The Balaban J connectivity index is 2.14. The van der Waals surface area contributed by atoms with E-state index >= 15 is 0 Å². The van der Waals surface area contributed by atoms with Crippen LogP contribution < -0.4 is 4.74 Å². The summed E-state index contributed by atoms with van der Waals surface area (Å²) in [6, 6.07) is 3.34. The van der Waals surface area contributed by atoms with Crippen molar-refractivity contribution in [2.45, 2.75) is 6.42 Å². The number of methoxy groups -OCH3 is 1. The van der Waals surface area contributed by atoms with Gasteiger partial charge in [0.25, 0.3) is 5.91 Å². The third kappa shape index (κ3) is 3.70. The van der Waals surface area contributed by atoms with Crippen molar-refractivity contribution in [2.75, 3.05) is 39.5 Å². The van der Waals surface area contributed by atoms with E-state index < -0.39 is 10.0 Å². The smallest absolute Gasteiger partial charge is 0.259 e. The summed E-state index contributed by atoms with van der Waals surface area (Å²) in [7, 11) is -1.75. The third-order valence-corrected chi connectivity index (χ3v) is 4.71. The zero-order chi connectivity index (χ0) is 15.5. The van der Waals surface area contributed by atoms with Crippen molar-refractivity contribution in [3.63, 3.8) is 0 Å². The molecule has 0 radical (unpaired) electrons. The number of aromatic nitrogens is 1. The summed E-state index contributed by atoms with van der Waals surface area (Å²) in [5.74, 6) is 0.0991. The first-order valence-corrected chi connectivity index (χ1v) is 8.51. The minimum absolute atomic E-state index is 0.185. The minimum Gasteiger partial charge on any atom is -0.480 e. The monoisotopic (exact) mass is 313 g/mol. The molecule has 2 heterocycles. The predicted molar refractivity (Wildman–Crippen MR) is 77.7 cm³/mol. The van der Waals surface area contributed by atoms with Crippen LogP contribution in [0.3, 0.4) is 0 Å². The van der Waals surface area contributed by atoms with Crippen LogP contribution in [0.25, 0.3) is 0 Å². The van der Waals surface area contributed by atoms with E-state index in [1.165, 1.54) is 17.7 Å². The Morgan fingerprint density at radius 2 is 2.05 bits per heavy atom. The van der Waals surface area contributed by atoms with Crippen LogP contribution in [0, 0.1) is 0 Å². The molecule has 0 N–H and O–H groups in total. The van der Waals surface area contributed by atoms with Crippen molar-refractivity contribution in [2.24, 2.45) is 0 Å². The molecule has 0 aromatic carbocycles. The van der Waals surface area contributed by atoms with E-state index in [2.05, 4.69) is 4.98 Å². The van der Waals surface area contributed by atoms with E-state index in [0.29, 0.717) is 38.2 Å². The molecule has 1 aromatic heterocycles. The Bertz CT molecular complexity index is 618. The van der Waals surface area contributed by atoms with Gasteiger partial charge in [-0.15, -0.1) is 0 Å². The lowest BCUT2D eigenvalue weighted by Gasteiger charge is -2.21. The predicted octanol–water partition coefficient (Wildman–Crippen LogP) is 0.198. The van der Waals surface area contributed by atoms with E-state index in [4.69, 9.17) is 4.74 Å². The van der Waals surface area contributed by atoms with Gasteiger partial charge < -0.3 is 9.64 Å². The van der Waals surface area contributed by atoms with Gasteiger partial charge in [0.1, 0.15) is 5.56 Å². The van der Waals surface area contributed by atoms with Gasteiger partial charge in [-0.25, -0.2) is 17.7 Å². The summed E-state index contributed by atoms with van der Waals surface area (Å²) in [5.41, 5.74) is 0.396. The van der Waals surface area contributed by atoms with Crippen LogP contribution in [0.5, 0.6) is 5.88 Å². The highest BCUT2D eigenvalue weighted by atomic mass is 32.2. The summed E-state index contributed by atoms with van der Waals surface area (Å²) in [6.07, 6.45) is 3.36. The molecule has 1 aliphatic rings. The first kappa shape index (κ1) is 15.7. The Morgan fingerprint density at radius 3 is 2.71 bits per heavy atom. The molecular formula is C13H19N3O4S. The number of carbonyl (C=O) groups excluding carboxylic acids is 1.